The van der Waals surface area contributed by atoms with Gasteiger partial charge in [0.25, 0.3) is 5.91 Å². The number of aliphatic carboxylic acids is 1. The largest absolute Gasteiger partial charge is 0.481 e. The zero-order chi connectivity index (χ0) is 15.7. The van der Waals surface area contributed by atoms with Crippen LogP contribution in [0.2, 0.25) is 0 Å². The van der Waals surface area contributed by atoms with Gasteiger partial charge < -0.3 is 15.7 Å². The fourth-order valence-corrected chi connectivity index (χ4v) is 2.86. The molecule has 7 heteroatoms. The summed E-state index contributed by atoms with van der Waals surface area (Å²) in [4.78, 5) is 36.0. The Balaban J connectivity index is 2.30. The number of nitrogens with two attached hydrogens (primary N) is 1. The minimum absolute atomic E-state index is 0.0185. The predicted molar refractivity (Wildman–Crippen MR) is 78.6 cm³/mol. The molecule has 1 unspecified atom stereocenters. The third kappa shape index (κ3) is 2.92. The van der Waals surface area contributed by atoms with E-state index >= 15 is 0 Å². The van der Waals surface area contributed by atoms with Crippen LogP contribution in [-0.4, -0.2) is 33.8 Å². The molecule has 1 heterocycles. The van der Waals surface area contributed by atoms with Gasteiger partial charge in [-0.3, -0.25) is 14.4 Å². The fourth-order valence-electron chi connectivity index (χ4n) is 2.49. The van der Waals surface area contributed by atoms with E-state index < -0.39 is 17.9 Å². The highest BCUT2D eigenvalue weighted by atomic mass is 79.9. The van der Waals surface area contributed by atoms with Gasteiger partial charge in [-0.2, -0.15) is 0 Å². The zero-order valence-electron chi connectivity index (χ0n) is 11.4. The number of benzene rings is 1. The summed E-state index contributed by atoms with van der Waals surface area (Å²) in [7, 11) is 0. The number of amides is 2. The van der Waals surface area contributed by atoms with Crippen molar-refractivity contribution in [3.8, 4) is 0 Å². The molecule has 0 spiro atoms. The van der Waals surface area contributed by atoms with Gasteiger partial charge in [0, 0.05) is 23.0 Å². The van der Waals surface area contributed by atoms with Crippen LogP contribution in [-0.2, 0) is 16.1 Å². The molecule has 0 saturated heterocycles. The Hall–Kier alpha value is -1.89. The Morgan fingerprint density at radius 2 is 2.14 bits per heavy atom. The van der Waals surface area contributed by atoms with Crippen molar-refractivity contribution in [2.45, 2.75) is 32.4 Å². The first-order valence-corrected chi connectivity index (χ1v) is 7.22. The molecule has 112 valence electrons. The molecule has 1 atom stereocenters. The molecule has 0 bridgehead atoms. The molecule has 0 fully saturated rings. The van der Waals surface area contributed by atoms with E-state index in [0.717, 1.165) is 15.6 Å². The van der Waals surface area contributed by atoms with E-state index in [-0.39, 0.29) is 25.3 Å². The first kappa shape index (κ1) is 15.5. The Labute approximate surface area is 130 Å². The van der Waals surface area contributed by atoms with Crippen molar-refractivity contribution in [3.63, 3.8) is 0 Å². The van der Waals surface area contributed by atoms with Crippen LogP contribution >= 0.6 is 15.9 Å². The maximum absolute atomic E-state index is 12.4. The van der Waals surface area contributed by atoms with Gasteiger partial charge in [-0.25, -0.2) is 0 Å². The molecular weight excluding hydrogens is 340 g/mol. The maximum atomic E-state index is 12.4. The molecule has 1 aromatic carbocycles. The molecule has 1 aromatic rings. The minimum atomic E-state index is -1.02. The van der Waals surface area contributed by atoms with E-state index in [0.29, 0.717) is 5.56 Å². The van der Waals surface area contributed by atoms with Crippen LogP contribution in [0.5, 0.6) is 0 Å². The molecule has 1 aliphatic rings. The van der Waals surface area contributed by atoms with E-state index in [1.165, 1.54) is 4.90 Å². The number of nitrogens with zero attached hydrogens (tertiary/aromatic N) is 1. The lowest BCUT2D eigenvalue weighted by atomic mass is 10.0. The van der Waals surface area contributed by atoms with Crippen molar-refractivity contribution < 1.29 is 19.5 Å². The number of fused-ring (bicyclic) bond motifs is 1. The van der Waals surface area contributed by atoms with Gasteiger partial charge in [0.1, 0.15) is 6.04 Å². The molecule has 2 rings (SSSR count). The van der Waals surface area contributed by atoms with Crippen LogP contribution in [0.15, 0.2) is 16.6 Å². The number of primary amides is 1. The van der Waals surface area contributed by atoms with Gasteiger partial charge in [0.2, 0.25) is 5.91 Å². The molecule has 0 aliphatic carbocycles. The summed E-state index contributed by atoms with van der Waals surface area (Å²) in [5.41, 5.74) is 7.65. The van der Waals surface area contributed by atoms with Crippen LogP contribution in [0.3, 0.4) is 0 Å². The smallest absolute Gasteiger partial charge is 0.303 e. The van der Waals surface area contributed by atoms with Crippen LogP contribution in [0.1, 0.15) is 34.3 Å². The molecule has 2 amide bonds. The van der Waals surface area contributed by atoms with Crippen molar-refractivity contribution in [1.82, 2.24) is 4.90 Å². The van der Waals surface area contributed by atoms with E-state index in [9.17, 15) is 14.4 Å². The van der Waals surface area contributed by atoms with Crippen LogP contribution < -0.4 is 5.73 Å². The quantitative estimate of drug-likeness (QED) is 0.834. The number of carboxylic acids is 1. The lowest BCUT2D eigenvalue weighted by Gasteiger charge is -2.24. The summed E-state index contributed by atoms with van der Waals surface area (Å²) in [6, 6.07) is 2.58. The second-order valence-corrected chi connectivity index (χ2v) is 5.84. The summed E-state index contributed by atoms with van der Waals surface area (Å²) < 4.78 is 0.886. The highest BCUT2D eigenvalue weighted by Crippen LogP contribution is 2.32. The standard InChI is InChI=1S/C14H15BrN2O4/c1-7-9-6-17(11(13(16)20)4-5-12(18)19)14(21)8(9)2-3-10(7)15/h2-3,11H,4-6H2,1H3,(H2,16,20)(H,18,19). The highest BCUT2D eigenvalue weighted by molar-refractivity contribution is 9.10. The summed E-state index contributed by atoms with van der Waals surface area (Å²) in [5.74, 6) is -1.99. The first-order chi connectivity index (χ1) is 9.82. The Kier molecular flexibility index (Phi) is 4.32. The van der Waals surface area contributed by atoms with E-state index in [4.69, 9.17) is 10.8 Å². The lowest BCUT2D eigenvalue weighted by Crippen LogP contribution is -2.45. The SMILES string of the molecule is Cc1c(Br)ccc2c1CN(C(CCC(=O)O)C(N)=O)C2=O. The Morgan fingerprint density at radius 3 is 2.71 bits per heavy atom. The monoisotopic (exact) mass is 354 g/mol. The van der Waals surface area contributed by atoms with Crippen LogP contribution in [0, 0.1) is 6.92 Å². The third-order valence-electron chi connectivity index (χ3n) is 3.69. The molecule has 0 saturated carbocycles. The normalized spacial score (nSPS) is 15.0. The number of hydrogen-bond donors (Lipinski definition) is 2. The van der Waals surface area contributed by atoms with E-state index in [2.05, 4.69) is 15.9 Å². The summed E-state index contributed by atoms with van der Waals surface area (Å²) in [5, 5.41) is 8.75. The van der Waals surface area contributed by atoms with Gasteiger partial charge >= 0.3 is 5.97 Å². The second kappa shape index (κ2) is 5.85. The van der Waals surface area contributed by atoms with Gasteiger partial charge in [-0.15, -0.1) is 0 Å². The number of carbonyl (C=O) groups is 3. The predicted octanol–water partition coefficient (Wildman–Crippen LogP) is 1.43. The third-order valence-corrected chi connectivity index (χ3v) is 4.55. The van der Waals surface area contributed by atoms with Gasteiger partial charge in [-0.1, -0.05) is 15.9 Å². The van der Waals surface area contributed by atoms with Crippen molar-refractivity contribution in [1.29, 1.82) is 0 Å². The number of halogens is 1. The Bertz CT molecular complexity index is 630. The van der Waals surface area contributed by atoms with E-state index in [1.807, 2.05) is 6.92 Å². The average molecular weight is 355 g/mol. The van der Waals surface area contributed by atoms with Crippen LogP contribution in [0.25, 0.3) is 0 Å². The van der Waals surface area contributed by atoms with Crippen molar-refractivity contribution >= 4 is 33.7 Å². The molecule has 0 radical (unpaired) electrons. The average Bonchev–Trinajstić information content (AvgIpc) is 2.72. The summed E-state index contributed by atoms with van der Waals surface area (Å²) in [6.45, 7) is 2.16. The second-order valence-electron chi connectivity index (χ2n) is 4.98. The Morgan fingerprint density at radius 1 is 1.48 bits per heavy atom. The molecular formula is C14H15BrN2O4. The summed E-state index contributed by atoms with van der Waals surface area (Å²) >= 11 is 3.41. The van der Waals surface area contributed by atoms with Gasteiger partial charge in [-0.05, 0) is 36.6 Å². The molecule has 21 heavy (non-hydrogen) atoms. The van der Waals surface area contributed by atoms with Crippen molar-refractivity contribution in [3.05, 3.63) is 33.3 Å². The number of carboxylic acid groups (broad SMARTS) is 1. The lowest BCUT2D eigenvalue weighted by molar-refractivity contribution is -0.137. The minimum Gasteiger partial charge on any atom is -0.481 e. The van der Waals surface area contributed by atoms with E-state index in [1.54, 1.807) is 12.1 Å². The molecule has 3 N–H and O–H groups in total. The van der Waals surface area contributed by atoms with Gasteiger partial charge in [0.05, 0.1) is 0 Å². The number of rotatable bonds is 5. The van der Waals surface area contributed by atoms with Gasteiger partial charge in [0.15, 0.2) is 0 Å². The topological polar surface area (TPSA) is 101 Å². The first-order valence-electron chi connectivity index (χ1n) is 6.43. The number of carbonyl (C=O) groups excluding carboxylic acids is 2. The molecule has 6 nitrogen and oxygen atoms in total. The highest BCUT2D eigenvalue weighted by Gasteiger charge is 2.36. The number of hydrogen-bond acceptors (Lipinski definition) is 3. The summed E-state index contributed by atoms with van der Waals surface area (Å²) in [6.07, 6.45) is -0.193. The molecule has 0 aromatic heterocycles. The van der Waals surface area contributed by atoms with Crippen molar-refractivity contribution in [2.24, 2.45) is 5.73 Å². The maximum Gasteiger partial charge on any atom is 0.303 e. The zero-order valence-corrected chi connectivity index (χ0v) is 13.0. The van der Waals surface area contributed by atoms with Crippen LogP contribution in [0.4, 0.5) is 0 Å². The fraction of sp³-hybridized carbons (Fsp3) is 0.357. The van der Waals surface area contributed by atoms with Crippen molar-refractivity contribution in [2.75, 3.05) is 0 Å². The molecule has 1 aliphatic heterocycles.